The molecule has 30 heavy (non-hydrogen) atoms. The number of aromatic nitrogens is 3. The lowest BCUT2D eigenvalue weighted by molar-refractivity contribution is -0.127. The minimum atomic E-state index is -0.288. The molecule has 2 amide bonds. The monoisotopic (exact) mass is 413 g/mol. The molecule has 1 saturated heterocycles. The predicted molar refractivity (Wildman–Crippen MR) is 111 cm³/mol. The molecule has 1 unspecified atom stereocenters. The summed E-state index contributed by atoms with van der Waals surface area (Å²) < 4.78 is 11.7. The first kappa shape index (κ1) is 21.5. The number of hydrogen-bond donors (Lipinski definition) is 1. The number of likely N-dealkylation sites (tertiary alicyclic amines) is 1. The van der Waals surface area contributed by atoms with Crippen LogP contribution in [0.2, 0.25) is 0 Å². The van der Waals surface area contributed by atoms with E-state index in [4.69, 9.17) is 9.47 Å². The van der Waals surface area contributed by atoms with Crippen LogP contribution in [-0.4, -0.2) is 72.2 Å². The van der Waals surface area contributed by atoms with Gasteiger partial charge in [0.25, 0.3) is 5.91 Å². The van der Waals surface area contributed by atoms with Gasteiger partial charge in [0, 0.05) is 32.8 Å². The average molecular weight is 413 g/mol. The van der Waals surface area contributed by atoms with Crippen molar-refractivity contribution >= 4 is 17.9 Å². The van der Waals surface area contributed by atoms with Crippen LogP contribution in [-0.2, 0) is 9.53 Å². The largest absolute Gasteiger partial charge is 0.497 e. The molecule has 160 valence electrons. The molecule has 0 saturated carbocycles. The van der Waals surface area contributed by atoms with E-state index < -0.39 is 0 Å². The Bertz CT molecular complexity index is 878. The predicted octanol–water partition coefficient (Wildman–Crippen LogP) is 1.54. The maximum Gasteiger partial charge on any atom is 0.273 e. The Hall–Kier alpha value is -3.20. The number of piperidine rings is 1. The molecule has 2 heterocycles. The molecule has 3 rings (SSSR count). The lowest BCUT2D eigenvalue weighted by atomic mass is 10.1. The second-order valence-electron chi connectivity index (χ2n) is 7.02. The molecule has 1 aliphatic rings. The molecular formula is C21H27N5O4. The van der Waals surface area contributed by atoms with Crippen LogP contribution >= 0.6 is 0 Å². The highest BCUT2D eigenvalue weighted by Crippen LogP contribution is 2.21. The van der Waals surface area contributed by atoms with Crippen molar-refractivity contribution in [2.24, 2.45) is 0 Å². The molecule has 1 aromatic heterocycles. The third-order valence-corrected chi connectivity index (χ3v) is 4.95. The molecule has 2 aromatic rings. The van der Waals surface area contributed by atoms with Crippen LogP contribution in [0.5, 0.6) is 5.75 Å². The minimum Gasteiger partial charge on any atom is -0.497 e. The molecule has 1 aromatic carbocycles. The summed E-state index contributed by atoms with van der Waals surface area (Å²) in [5, 5.41) is 10.8. The number of methoxy groups -OCH3 is 2. The minimum absolute atomic E-state index is 0.00916. The van der Waals surface area contributed by atoms with Crippen molar-refractivity contribution < 1.29 is 19.1 Å². The van der Waals surface area contributed by atoms with Crippen molar-refractivity contribution in [3.05, 3.63) is 47.8 Å². The highest BCUT2D eigenvalue weighted by Gasteiger charge is 2.25. The lowest BCUT2D eigenvalue weighted by Gasteiger charge is -2.31. The molecule has 1 N–H and O–H groups in total. The molecule has 9 nitrogen and oxygen atoms in total. The van der Waals surface area contributed by atoms with Gasteiger partial charge in [-0.2, -0.15) is 0 Å². The van der Waals surface area contributed by atoms with Gasteiger partial charge in [-0.15, -0.1) is 5.10 Å². The van der Waals surface area contributed by atoms with Gasteiger partial charge in [-0.25, -0.2) is 4.68 Å². The van der Waals surface area contributed by atoms with Crippen molar-refractivity contribution in [3.63, 3.8) is 0 Å². The standard InChI is InChI=1S/C21H27N5O4/c1-29-13-11-22-21(28)19-15-26(24-23-19)17-4-3-12-25(14-17)20(27)10-7-16-5-8-18(30-2)9-6-16/h5-10,15,17H,3-4,11-14H2,1-2H3,(H,22,28). The van der Waals surface area contributed by atoms with Crippen LogP contribution in [0.25, 0.3) is 6.08 Å². The number of benzene rings is 1. The van der Waals surface area contributed by atoms with Gasteiger partial charge in [0.1, 0.15) is 5.75 Å². The summed E-state index contributed by atoms with van der Waals surface area (Å²) in [6.07, 6.45) is 6.75. The zero-order valence-electron chi connectivity index (χ0n) is 17.3. The van der Waals surface area contributed by atoms with Gasteiger partial charge in [0.15, 0.2) is 5.69 Å². The van der Waals surface area contributed by atoms with Crippen molar-refractivity contribution in [1.29, 1.82) is 0 Å². The Morgan fingerprint density at radius 1 is 1.27 bits per heavy atom. The van der Waals surface area contributed by atoms with Gasteiger partial charge in [-0.1, -0.05) is 17.3 Å². The summed E-state index contributed by atoms with van der Waals surface area (Å²) in [7, 11) is 3.19. The highest BCUT2D eigenvalue weighted by atomic mass is 16.5. The Labute approximate surface area is 175 Å². The number of rotatable bonds is 8. The average Bonchev–Trinajstić information content (AvgIpc) is 3.28. The van der Waals surface area contributed by atoms with Crippen molar-refractivity contribution in [1.82, 2.24) is 25.2 Å². The maximum atomic E-state index is 12.6. The van der Waals surface area contributed by atoms with Gasteiger partial charge in [-0.3, -0.25) is 9.59 Å². The van der Waals surface area contributed by atoms with Crippen LogP contribution in [0.3, 0.4) is 0 Å². The van der Waals surface area contributed by atoms with Gasteiger partial charge in [0.2, 0.25) is 5.91 Å². The van der Waals surface area contributed by atoms with Crippen molar-refractivity contribution in [2.75, 3.05) is 40.5 Å². The normalized spacial score (nSPS) is 16.6. The second kappa shape index (κ2) is 10.5. The van der Waals surface area contributed by atoms with Crippen molar-refractivity contribution in [2.45, 2.75) is 18.9 Å². The fourth-order valence-corrected chi connectivity index (χ4v) is 3.28. The van der Waals surface area contributed by atoms with E-state index in [-0.39, 0.29) is 23.6 Å². The van der Waals surface area contributed by atoms with Crippen LogP contribution in [0.15, 0.2) is 36.5 Å². The van der Waals surface area contributed by atoms with E-state index in [1.165, 1.54) is 0 Å². The fourth-order valence-electron chi connectivity index (χ4n) is 3.28. The number of carbonyl (C=O) groups is 2. The summed E-state index contributed by atoms with van der Waals surface area (Å²) >= 11 is 0. The summed E-state index contributed by atoms with van der Waals surface area (Å²) in [5.41, 5.74) is 1.19. The number of amides is 2. The van der Waals surface area contributed by atoms with Crippen LogP contribution in [0.1, 0.15) is 34.9 Å². The van der Waals surface area contributed by atoms with Crippen LogP contribution < -0.4 is 10.1 Å². The van der Waals surface area contributed by atoms with Gasteiger partial charge >= 0.3 is 0 Å². The third-order valence-electron chi connectivity index (χ3n) is 4.95. The first-order valence-electron chi connectivity index (χ1n) is 9.90. The van der Waals surface area contributed by atoms with E-state index in [1.54, 1.807) is 42.2 Å². The van der Waals surface area contributed by atoms with E-state index in [0.717, 1.165) is 24.2 Å². The second-order valence-corrected chi connectivity index (χ2v) is 7.02. The van der Waals surface area contributed by atoms with Crippen LogP contribution in [0.4, 0.5) is 0 Å². The smallest absolute Gasteiger partial charge is 0.273 e. The van der Waals surface area contributed by atoms with E-state index in [0.29, 0.717) is 26.2 Å². The Morgan fingerprint density at radius 2 is 2.07 bits per heavy atom. The summed E-state index contributed by atoms with van der Waals surface area (Å²) in [5.74, 6) is 0.439. The zero-order chi connectivity index (χ0) is 21.3. The molecule has 0 radical (unpaired) electrons. The fraction of sp³-hybridized carbons (Fsp3) is 0.429. The number of ether oxygens (including phenoxy) is 2. The molecule has 9 heteroatoms. The Morgan fingerprint density at radius 3 is 2.80 bits per heavy atom. The molecule has 1 aliphatic heterocycles. The third kappa shape index (κ3) is 5.66. The van der Waals surface area contributed by atoms with Gasteiger partial charge < -0.3 is 19.7 Å². The Balaban J connectivity index is 1.57. The molecule has 1 fully saturated rings. The first-order valence-corrected chi connectivity index (χ1v) is 9.90. The first-order chi connectivity index (χ1) is 14.6. The van der Waals surface area contributed by atoms with Gasteiger partial charge in [-0.05, 0) is 36.6 Å². The summed E-state index contributed by atoms with van der Waals surface area (Å²) in [6.45, 7) is 2.07. The van der Waals surface area contributed by atoms with Gasteiger partial charge in [0.05, 0.1) is 26.0 Å². The molecule has 0 spiro atoms. The van der Waals surface area contributed by atoms with Crippen molar-refractivity contribution in [3.8, 4) is 5.75 Å². The summed E-state index contributed by atoms with van der Waals surface area (Å²) in [4.78, 5) is 26.5. The van der Waals surface area contributed by atoms with E-state index in [1.807, 2.05) is 24.3 Å². The maximum absolute atomic E-state index is 12.6. The van der Waals surface area contributed by atoms with E-state index in [9.17, 15) is 9.59 Å². The highest BCUT2D eigenvalue weighted by molar-refractivity contribution is 5.92. The number of hydrogen-bond acceptors (Lipinski definition) is 6. The number of nitrogens with one attached hydrogen (secondary N) is 1. The number of carbonyl (C=O) groups excluding carboxylic acids is 2. The lowest BCUT2D eigenvalue weighted by Crippen LogP contribution is -2.40. The van der Waals surface area contributed by atoms with Crippen LogP contribution in [0, 0.1) is 0 Å². The molecule has 0 bridgehead atoms. The quantitative estimate of drug-likeness (QED) is 0.521. The molecule has 1 atom stereocenters. The SMILES string of the molecule is COCCNC(=O)c1cn(C2CCCN(C(=O)C=Cc3ccc(OC)cc3)C2)nn1. The summed E-state index contributed by atoms with van der Waals surface area (Å²) in [6, 6.07) is 7.50. The molecular weight excluding hydrogens is 386 g/mol. The molecule has 0 aliphatic carbocycles. The van der Waals surface area contributed by atoms with E-state index in [2.05, 4.69) is 15.6 Å². The topological polar surface area (TPSA) is 98.6 Å². The Kier molecular flexibility index (Phi) is 7.56. The van der Waals surface area contributed by atoms with E-state index >= 15 is 0 Å². The number of nitrogens with zero attached hydrogens (tertiary/aromatic N) is 4. The zero-order valence-corrected chi connectivity index (χ0v) is 17.3.